The van der Waals surface area contributed by atoms with Gasteiger partial charge in [0.15, 0.2) is 11.5 Å². The third-order valence-corrected chi connectivity index (χ3v) is 5.19. The topological polar surface area (TPSA) is 64.9 Å². The van der Waals surface area contributed by atoms with Crippen LogP contribution in [0.1, 0.15) is 16.8 Å². The molecule has 0 bridgehead atoms. The quantitative estimate of drug-likeness (QED) is 0.425. The van der Waals surface area contributed by atoms with Gasteiger partial charge in [0.1, 0.15) is 5.65 Å². The van der Waals surface area contributed by atoms with Gasteiger partial charge in [-0.2, -0.15) is 0 Å². The Bertz CT molecular complexity index is 1300. The van der Waals surface area contributed by atoms with Crippen LogP contribution >= 0.6 is 0 Å². The zero-order valence-electron chi connectivity index (χ0n) is 18.5. The molecule has 0 saturated carbocycles. The third-order valence-electron chi connectivity index (χ3n) is 5.19. The summed E-state index contributed by atoms with van der Waals surface area (Å²) in [6.07, 6.45) is 5.28. The highest BCUT2D eigenvalue weighted by Gasteiger charge is 2.13. The molecule has 2 heterocycles. The molecule has 0 aliphatic heterocycles. The molecular weight excluding hydrogens is 402 g/mol. The second-order valence-electron chi connectivity index (χ2n) is 7.54. The van der Waals surface area contributed by atoms with Gasteiger partial charge in [-0.3, -0.25) is 9.20 Å². The van der Waals surface area contributed by atoms with E-state index in [0.29, 0.717) is 17.2 Å². The summed E-state index contributed by atoms with van der Waals surface area (Å²) in [7, 11) is 3.13. The van der Waals surface area contributed by atoms with Gasteiger partial charge in [0.05, 0.1) is 25.6 Å². The zero-order chi connectivity index (χ0) is 22.7. The number of anilines is 1. The molecule has 0 atom stereocenters. The SMILES string of the molecule is COc1ccc(NC(=O)/C=C/c2c(-c3ccc(C)cc3)nc3cc(C)ccn23)cc1OC. The number of rotatable bonds is 6. The number of carbonyl (C=O) groups excluding carboxylic acids is 1. The lowest BCUT2D eigenvalue weighted by atomic mass is 10.1. The van der Waals surface area contributed by atoms with Crippen molar-refractivity contribution in [1.29, 1.82) is 0 Å². The Morgan fingerprint density at radius 3 is 2.41 bits per heavy atom. The number of nitrogens with zero attached hydrogens (tertiary/aromatic N) is 2. The van der Waals surface area contributed by atoms with E-state index in [9.17, 15) is 4.79 Å². The van der Waals surface area contributed by atoms with Crippen molar-refractivity contribution >= 4 is 23.3 Å². The molecule has 6 nitrogen and oxygen atoms in total. The van der Waals surface area contributed by atoms with Crippen molar-refractivity contribution in [3.8, 4) is 22.8 Å². The van der Waals surface area contributed by atoms with Crippen LogP contribution in [-0.4, -0.2) is 29.5 Å². The summed E-state index contributed by atoms with van der Waals surface area (Å²) in [5.41, 5.74) is 6.42. The molecule has 0 saturated heterocycles. The lowest BCUT2D eigenvalue weighted by molar-refractivity contribution is -0.111. The van der Waals surface area contributed by atoms with Gasteiger partial charge in [0.2, 0.25) is 5.91 Å². The predicted octanol–water partition coefficient (Wildman–Crippen LogP) is 5.29. The molecule has 4 rings (SSSR count). The van der Waals surface area contributed by atoms with Crippen LogP contribution in [0.4, 0.5) is 5.69 Å². The molecule has 1 amide bonds. The van der Waals surface area contributed by atoms with Crippen LogP contribution in [0.5, 0.6) is 11.5 Å². The zero-order valence-corrected chi connectivity index (χ0v) is 18.5. The minimum atomic E-state index is -0.255. The number of carbonyl (C=O) groups is 1. The molecule has 4 aromatic rings. The minimum absolute atomic E-state index is 0.255. The second-order valence-corrected chi connectivity index (χ2v) is 7.54. The average molecular weight is 428 g/mol. The molecule has 0 spiro atoms. The van der Waals surface area contributed by atoms with E-state index >= 15 is 0 Å². The van der Waals surface area contributed by atoms with Crippen LogP contribution in [0.15, 0.2) is 66.9 Å². The summed E-state index contributed by atoms with van der Waals surface area (Å²) in [5, 5.41) is 2.86. The fourth-order valence-corrected chi connectivity index (χ4v) is 3.50. The summed E-state index contributed by atoms with van der Waals surface area (Å²) in [5.74, 6) is 0.895. The monoisotopic (exact) mass is 427 g/mol. The van der Waals surface area contributed by atoms with E-state index < -0.39 is 0 Å². The number of aromatic nitrogens is 2. The number of imidazole rings is 1. The van der Waals surface area contributed by atoms with Crippen LogP contribution in [-0.2, 0) is 4.79 Å². The highest BCUT2D eigenvalue weighted by Crippen LogP contribution is 2.30. The predicted molar refractivity (Wildman–Crippen MR) is 127 cm³/mol. The summed E-state index contributed by atoms with van der Waals surface area (Å²) in [6, 6.07) is 17.5. The first-order chi connectivity index (χ1) is 15.5. The summed E-state index contributed by atoms with van der Waals surface area (Å²) >= 11 is 0. The number of nitrogens with one attached hydrogen (secondary N) is 1. The maximum Gasteiger partial charge on any atom is 0.248 e. The van der Waals surface area contributed by atoms with Gasteiger partial charge in [0, 0.05) is 29.6 Å². The van der Waals surface area contributed by atoms with E-state index in [1.807, 2.05) is 41.8 Å². The fourth-order valence-electron chi connectivity index (χ4n) is 3.50. The van der Waals surface area contributed by atoms with Crippen LogP contribution < -0.4 is 14.8 Å². The Kier molecular flexibility index (Phi) is 5.94. The fraction of sp³-hybridized carbons (Fsp3) is 0.154. The number of methoxy groups -OCH3 is 2. The second kappa shape index (κ2) is 8.98. The number of fused-ring (bicyclic) bond motifs is 1. The van der Waals surface area contributed by atoms with E-state index in [-0.39, 0.29) is 5.91 Å². The molecule has 162 valence electrons. The largest absolute Gasteiger partial charge is 0.493 e. The first-order valence-electron chi connectivity index (χ1n) is 10.3. The molecule has 32 heavy (non-hydrogen) atoms. The molecule has 0 unspecified atom stereocenters. The summed E-state index contributed by atoms with van der Waals surface area (Å²) in [6.45, 7) is 4.09. The van der Waals surface area contributed by atoms with Crippen molar-refractivity contribution in [2.45, 2.75) is 13.8 Å². The highest BCUT2D eigenvalue weighted by molar-refractivity contribution is 6.02. The Balaban J connectivity index is 1.66. The van der Waals surface area contributed by atoms with Crippen molar-refractivity contribution in [3.05, 3.63) is 83.7 Å². The van der Waals surface area contributed by atoms with Gasteiger partial charge in [-0.15, -0.1) is 0 Å². The van der Waals surface area contributed by atoms with Crippen LogP contribution in [0.25, 0.3) is 23.0 Å². The van der Waals surface area contributed by atoms with Crippen molar-refractivity contribution in [2.24, 2.45) is 0 Å². The lowest BCUT2D eigenvalue weighted by Gasteiger charge is -2.09. The first-order valence-corrected chi connectivity index (χ1v) is 10.3. The third kappa shape index (κ3) is 4.34. The minimum Gasteiger partial charge on any atom is -0.493 e. The molecule has 2 aromatic heterocycles. The number of amides is 1. The standard InChI is InChI=1S/C26H25N3O3/c1-17-5-7-19(8-6-17)26-21(29-14-13-18(2)15-24(29)28-26)10-12-25(30)27-20-9-11-22(31-3)23(16-20)32-4/h5-16H,1-4H3,(H,27,30)/b12-10+. The Morgan fingerprint density at radius 2 is 1.69 bits per heavy atom. The molecule has 1 N–H and O–H groups in total. The molecule has 0 aliphatic rings. The van der Waals surface area contributed by atoms with E-state index in [4.69, 9.17) is 14.5 Å². The number of hydrogen-bond acceptors (Lipinski definition) is 4. The van der Waals surface area contributed by atoms with Crippen molar-refractivity contribution in [2.75, 3.05) is 19.5 Å². The van der Waals surface area contributed by atoms with Gasteiger partial charge >= 0.3 is 0 Å². The number of hydrogen-bond donors (Lipinski definition) is 1. The van der Waals surface area contributed by atoms with Crippen molar-refractivity contribution in [1.82, 2.24) is 9.38 Å². The average Bonchev–Trinajstić information content (AvgIpc) is 3.15. The molecule has 0 fully saturated rings. The highest BCUT2D eigenvalue weighted by atomic mass is 16.5. The molecule has 6 heteroatoms. The van der Waals surface area contributed by atoms with E-state index in [1.54, 1.807) is 38.5 Å². The molecule has 0 aliphatic carbocycles. The maximum absolute atomic E-state index is 12.6. The maximum atomic E-state index is 12.6. The van der Waals surface area contributed by atoms with E-state index in [0.717, 1.165) is 28.2 Å². The van der Waals surface area contributed by atoms with Crippen LogP contribution in [0, 0.1) is 13.8 Å². The molecular formula is C26H25N3O3. The van der Waals surface area contributed by atoms with Gasteiger partial charge < -0.3 is 14.8 Å². The van der Waals surface area contributed by atoms with E-state index in [1.165, 1.54) is 11.6 Å². The number of ether oxygens (including phenoxy) is 2. The van der Waals surface area contributed by atoms with Crippen molar-refractivity contribution < 1.29 is 14.3 Å². The Morgan fingerprint density at radius 1 is 0.938 bits per heavy atom. The summed E-state index contributed by atoms with van der Waals surface area (Å²) < 4.78 is 12.5. The van der Waals surface area contributed by atoms with E-state index in [2.05, 4.69) is 24.4 Å². The van der Waals surface area contributed by atoms with Crippen LogP contribution in [0.3, 0.4) is 0 Å². The van der Waals surface area contributed by atoms with Crippen LogP contribution in [0.2, 0.25) is 0 Å². The van der Waals surface area contributed by atoms with Gasteiger partial charge in [-0.25, -0.2) is 4.98 Å². The number of benzene rings is 2. The normalized spacial score (nSPS) is 11.1. The van der Waals surface area contributed by atoms with Gasteiger partial charge in [-0.1, -0.05) is 29.8 Å². The Labute approximate surface area is 187 Å². The van der Waals surface area contributed by atoms with Gasteiger partial charge in [-0.05, 0) is 49.8 Å². The van der Waals surface area contributed by atoms with Crippen molar-refractivity contribution in [3.63, 3.8) is 0 Å². The lowest BCUT2D eigenvalue weighted by Crippen LogP contribution is -2.08. The summed E-state index contributed by atoms with van der Waals surface area (Å²) in [4.78, 5) is 17.5. The molecule has 2 aromatic carbocycles. The molecule has 0 radical (unpaired) electrons. The number of pyridine rings is 1. The van der Waals surface area contributed by atoms with Gasteiger partial charge in [0.25, 0.3) is 0 Å². The Hall–Kier alpha value is -4.06. The first kappa shape index (κ1) is 21.2. The smallest absolute Gasteiger partial charge is 0.248 e. The number of aryl methyl sites for hydroxylation is 2.